The normalized spacial score (nSPS) is 11.1. The van der Waals surface area contributed by atoms with E-state index in [2.05, 4.69) is 4.72 Å². The highest BCUT2D eigenvalue weighted by molar-refractivity contribution is 7.98. The number of hydrogen-bond acceptors (Lipinski definition) is 7. The Balaban J connectivity index is 1.92. The molecular formula is C18H21NO6S2. The van der Waals surface area contributed by atoms with Crippen molar-refractivity contribution in [3.63, 3.8) is 0 Å². The molecule has 1 N–H and O–H groups in total. The summed E-state index contributed by atoms with van der Waals surface area (Å²) in [5, 5.41) is 0. The predicted octanol–water partition coefficient (Wildman–Crippen LogP) is 2.45. The molecule has 0 heterocycles. The molecule has 0 saturated carbocycles. The summed E-state index contributed by atoms with van der Waals surface area (Å²) in [4.78, 5) is 12.9. The molecule has 0 spiro atoms. The highest BCUT2D eigenvalue weighted by Crippen LogP contribution is 2.29. The summed E-state index contributed by atoms with van der Waals surface area (Å²) in [5.74, 6) is 0.00740. The van der Waals surface area contributed by atoms with Crippen LogP contribution in [0.15, 0.2) is 52.3 Å². The van der Waals surface area contributed by atoms with E-state index in [1.165, 1.54) is 32.4 Å². The standard InChI is InChI=1S/C18H21NO6S2/c1-23-16-9-8-15(10-17(16)24-2)27(21,22)19-11-18(20)25-12-13-4-6-14(26-3)7-5-13/h4-10,19H,11-12H2,1-3H3. The average molecular weight is 412 g/mol. The fraction of sp³-hybridized carbons (Fsp3) is 0.278. The molecular weight excluding hydrogens is 390 g/mol. The molecule has 0 atom stereocenters. The third-order valence-corrected chi connectivity index (χ3v) is 5.77. The molecule has 0 aliphatic heterocycles. The molecule has 0 fully saturated rings. The van der Waals surface area contributed by atoms with Crippen LogP contribution in [0.5, 0.6) is 11.5 Å². The Morgan fingerprint density at radius 1 is 1.04 bits per heavy atom. The number of sulfonamides is 1. The lowest BCUT2D eigenvalue weighted by Crippen LogP contribution is -2.30. The molecule has 0 aliphatic rings. The zero-order chi connectivity index (χ0) is 19.9. The molecule has 0 aliphatic carbocycles. The van der Waals surface area contributed by atoms with E-state index < -0.39 is 22.5 Å². The Hall–Kier alpha value is -2.23. The molecule has 7 nitrogen and oxygen atoms in total. The maximum atomic E-state index is 12.3. The fourth-order valence-corrected chi connectivity index (χ4v) is 3.55. The Morgan fingerprint density at radius 3 is 2.30 bits per heavy atom. The van der Waals surface area contributed by atoms with Crippen LogP contribution in [0.25, 0.3) is 0 Å². The van der Waals surface area contributed by atoms with Crippen LogP contribution in [0.3, 0.4) is 0 Å². The Kier molecular flexibility index (Phi) is 7.52. The van der Waals surface area contributed by atoms with Gasteiger partial charge in [0.2, 0.25) is 10.0 Å². The minimum Gasteiger partial charge on any atom is -0.493 e. The van der Waals surface area contributed by atoms with Crippen LogP contribution >= 0.6 is 11.8 Å². The highest BCUT2D eigenvalue weighted by Gasteiger charge is 2.18. The van der Waals surface area contributed by atoms with Crippen molar-refractivity contribution in [3.8, 4) is 11.5 Å². The summed E-state index contributed by atoms with van der Waals surface area (Å²) < 4.78 is 42.1. The van der Waals surface area contributed by atoms with Gasteiger partial charge in [-0.05, 0) is 36.1 Å². The van der Waals surface area contributed by atoms with E-state index in [-0.39, 0.29) is 17.3 Å². The quantitative estimate of drug-likeness (QED) is 0.501. The van der Waals surface area contributed by atoms with Crippen molar-refractivity contribution in [2.75, 3.05) is 27.0 Å². The first-order chi connectivity index (χ1) is 12.9. The number of carbonyl (C=O) groups is 1. The minimum atomic E-state index is -3.89. The van der Waals surface area contributed by atoms with Gasteiger partial charge in [0.25, 0.3) is 0 Å². The topological polar surface area (TPSA) is 90.9 Å². The lowest BCUT2D eigenvalue weighted by Gasteiger charge is -2.11. The van der Waals surface area contributed by atoms with Gasteiger partial charge in [0.05, 0.1) is 19.1 Å². The van der Waals surface area contributed by atoms with Crippen LogP contribution in [0.4, 0.5) is 0 Å². The van der Waals surface area contributed by atoms with Gasteiger partial charge in [0.1, 0.15) is 13.2 Å². The average Bonchev–Trinajstić information content (AvgIpc) is 2.70. The molecule has 0 bridgehead atoms. The summed E-state index contributed by atoms with van der Waals surface area (Å²) in [6.07, 6.45) is 1.97. The number of hydrogen-bond donors (Lipinski definition) is 1. The van der Waals surface area contributed by atoms with Gasteiger partial charge in [-0.25, -0.2) is 8.42 Å². The fourth-order valence-electron chi connectivity index (χ4n) is 2.16. The van der Waals surface area contributed by atoms with Crippen LogP contribution in [-0.2, 0) is 26.2 Å². The maximum absolute atomic E-state index is 12.3. The number of esters is 1. The molecule has 2 aromatic rings. The number of carbonyl (C=O) groups excluding carboxylic acids is 1. The van der Waals surface area contributed by atoms with Crippen molar-refractivity contribution < 1.29 is 27.4 Å². The van der Waals surface area contributed by atoms with E-state index in [4.69, 9.17) is 14.2 Å². The Bertz CT molecular complexity index is 881. The van der Waals surface area contributed by atoms with Crippen LogP contribution in [0.2, 0.25) is 0 Å². The van der Waals surface area contributed by atoms with Gasteiger partial charge >= 0.3 is 5.97 Å². The predicted molar refractivity (Wildman–Crippen MR) is 103 cm³/mol. The Labute approximate surface area is 163 Å². The molecule has 0 amide bonds. The third-order valence-electron chi connectivity index (χ3n) is 3.63. The second kappa shape index (κ2) is 9.63. The summed E-state index contributed by atoms with van der Waals surface area (Å²) in [6.45, 7) is -0.398. The van der Waals surface area contributed by atoms with E-state index in [0.29, 0.717) is 5.75 Å². The molecule has 2 aromatic carbocycles. The largest absolute Gasteiger partial charge is 0.493 e. The molecule has 0 unspecified atom stereocenters. The second-order valence-electron chi connectivity index (χ2n) is 5.35. The van der Waals surface area contributed by atoms with Crippen molar-refractivity contribution in [2.24, 2.45) is 0 Å². The van der Waals surface area contributed by atoms with Gasteiger partial charge in [-0.2, -0.15) is 4.72 Å². The number of rotatable bonds is 9. The van der Waals surface area contributed by atoms with Crippen LogP contribution < -0.4 is 14.2 Å². The van der Waals surface area contributed by atoms with E-state index >= 15 is 0 Å². The zero-order valence-electron chi connectivity index (χ0n) is 15.2. The van der Waals surface area contributed by atoms with Crippen molar-refractivity contribution in [1.29, 1.82) is 0 Å². The van der Waals surface area contributed by atoms with E-state index in [0.717, 1.165) is 10.5 Å². The van der Waals surface area contributed by atoms with Gasteiger partial charge in [0.15, 0.2) is 11.5 Å². The minimum absolute atomic E-state index is 0.0411. The van der Waals surface area contributed by atoms with Gasteiger partial charge in [-0.15, -0.1) is 11.8 Å². The SMILES string of the molecule is COc1ccc(S(=O)(=O)NCC(=O)OCc2ccc(SC)cc2)cc1OC. The first-order valence-corrected chi connectivity index (χ1v) is 10.6. The molecule has 0 saturated heterocycles. The van der Waals surface area contributed by atoms with E-state index in [1.54, 1.807) is 11.8 Å². The van der Waals surface area contributed by atoms with E-state index in [1.807, 2.05) is 30.5 Å². The lowest BCUT2D eigenvalue weighted by atomic mass is 10.2. The van der Waals surface area contributed by atoms with Gasteiger partial charge in [-0.1, -0.05) is 12.1 Å². The number of ether oxygens (including phenoxy) is 3. The maximum Gasteiger partial charge on any atom is 0.321 e. The molecule has 27 heavy (non-hydrogen) atoms. The van der Waals surface area contributed by atoms with Crippen molar-refractivity contribution in [2.45, 2.75) is 16.4 Å². The molecule has 2 rings (SSSR count). The molecule has 146 valence electrons. The summed E-state index contributed by atoms with van der Waals surface area (Å²) in [7, 11) is -1.03. The van der Waals surface area contributed by atoms with Gasteiger partial charge in [-0.3, -0.25) is 4.79 Å². The summed E-state index contributed by atoms with van der Waals surface area (Å²) in [5.41, 5.74) is 0.823. The third kappa shape index (κ3) is 5.88. The molecule has 0 aromatic heterocycles. The zero-order valence-corrected chi connectivity index (χ0v) is 16.9. The number of methoxy groups -OCH3 is 2. The van der Waals surface area contributed by atoms with Gasteiger partial charge in [0, 0.05) is 11.0 Å². The number of thioether (sulfide) groups is 1. The number of benzene rings is 2. The second-order valence-corrected chi connectivity index (χ2v) is 8.00. The number of nitrogens with one attached hydrogen (secondary N) is 1. The first-order valence-electron chi connectivity index (χ1n) is 7.90. The van der Waals surface area contributed by atoms with Crippen molar-refractivity contribution in [1.82, 2.24) is 4.72 Å². The lowest BCUT2D eigenvalue weighted by molar-refractivity contribution is -0.143. The molecule has 9 heteroatoms. The van der Waals surface area contributed by atoms with Crippen molar-refractivity contribution in [3.05, 3.63) is 48.0 Å². The van der Waals surface area contributed by atoms with Crippen LogP contribution in [0, 0.1) is 0 Å². The van der Waals surface area contributed by atoms with Crippen LogP contribution in [0.1, 0.15) is 5.56 Å². The summed E-state index contributed by atoms with van der Waals surface area (Å²) in [6, 6.07) is 11.7. The van der Waals surface area contributed by atoms with Gasteiger partial charge < -0.3 is 14.2 Å². The van der Waals surface area contributed by atoms with Crippen LogP contribution in [-0.4, -0.2) is 41.4 Å². The monoisotopic (exact) mass is 411 g/mol. The smallest absolute Gasteiger partial charge is 0.321 e. The summed E-state index contributed by atoms with van der Waals surface area (Å²) >= 11 is 1.61. The first kappa shape index (κ1) is 21.1. The highest BCUT2D eigenvalue weighted by atomic mass is 32.2. The van der Waals surface area contributed by atoms with E-state index in [9.17, 15) is 13.2 Å². The molecule has 0 radical (unpaired) electrons. The van der Waals surface area contributed by atoms with Crippen molar-refractivity contribution >= 4 is 27.8 Å². The Morgan fingerprint density at radius 2 is 1.70 bits per heavy atom.